The normalized spacial score (nSPS) is 10.8. The number of amides is 1. The lowest BCUT2D eigenvalue weighted by atomic mass is 10.0. The second-order valence-electron chi connectivity index (χ2n) is 6.43. The molecule has 27 heavy (non-hydrogen) atoms. The Balaban J connectivity index is 1.96. The van der Waals surface area contributed by atoms with Crippen molar-refractivity contribution >= 4 is 41.0 Å². The van der Waals surface area contributed by atoms with Crippen LogP contribution in [0.3, 0.4) is 0 Å². The van der Waals surface area contributed by atoms with E-state index in [1.165, 1.54) is 23.8 Å². The number of carbonyl (C=O) groups is 2. The number of thiocarbonyl (C=S) groups is 1. The lowest BCUT2D eigenvalue weighted by Gasteiger charge is -2.11. The van der Waals surface area contributed by atoms with Crippen molar-refractivity contribution in [3.8, 4) is 0 Å². The van der Waals surface area contributed by atoms with Crippen LogP contribution in [0, 0.1) is 6.92 Å². The van der Waals surface area contributed by atoms with Gasteiger partial charge in [-0.05, 0) is 60.0 Å². The van der Waals surface area contributed by atoms with Crippen molar-refractivity contribution in [3.63, 3.8) is 0 Å². The highest BCUT2D eigenvalue weighted by Crippen LogP contribution is 2.17. The summed E-state index contributed by atoms with van der Waals surface area (Å²) >= 11 is 5.13. The summed E-state index contributed by atoms with van der Waals surface area (Å²) in [6.45, 7) is 6.07. The molecule has 2 aromatic carbocycles. The van der Waals surface area contributed by atoms with Crippen molar-refractivity contribution in [3.05, 3.63) is 70.8 Å². The van der Waals surface area contributed by atoms with Gasteiger partial charge in [-0.1, -0.05) is 44.2 Å². The molecule has 0 fully saturated rings. The lowest BCUT2D eigenvalue weighted by Crippen LogP contribution is -2.33. The Hall–Kier alpha value is -2.99. The van der Waals surface area contributed by atoms with E-state index in [1.807, 2.05) is 31.2 Å². The number of rotatable bonds is 5. The van der Waals surface area contributed by atoms with E-state index in [-0.39, 0.29) is 16.6 Å². The fourth-order valence-electron chi connectivity index (χ4n) is 2.36. The number of carboxylic acids is 1. The molecule has 2 rings (SSSR count). The summed E-state index contributed by atoms with van der Waals surface area (Å²) in [7, 11) is 0. The Morgan fingerprint density at radius 3 is 2.37 bits per heavy atom. The molecule has 0 spiro atoms. The SMILES string of the molecule is Cc1ccc(C(=O)O)cc1NC(=S)NC(=O)C=Cc1ccc(C(C)C)cc1. The van der Waals surface area contributed by atoms with Gasteiger partial charge in [0, 0.05) is 11.8 Å². The van der Waals surface area contributed by atoms with Gasteiger partial charge in [-0.3, -0.25) is 10.1 Å². The number of anilines is 1. The van der Waals surface area contributed by atoms with Crippen molar-refractivity contribution in [1.82, 2.24) is 5.32 Å². The van der Waals surface area contributed by atoms with Gasteiger partial charge in [-0.15, -0.1) is 0 Å². The molecule has 3 N–H and O–H groups in total. The minimum atomic E-state index is -1.03. The molecule has 0 aliphatic carbocycles. The zero-order chi connectivity index (χ0) is 20.0. The van der Waals surface area contributed by atoms with Crippen LogP contribution in [0.15, 0.2) is 48.5 Å². The Bertz CT molecular complexity index is 887. The van der Waals surface area contributed by atoms with Gasteiger partial charge >= 0.3 is 5.97 Å². The maximum atomic E-state index is 12.0. The molecule has 0 unspecified atom stereocenters. The number of carboxylic acid groups (broad SMARTS) is 1. The minimum Gasteiger partial charge on any atom is -0.478 e. The van der Waals surface area contributed by atoms with Gasteiger partial charge in [0.1, 0.15) is 0 Å². The van der Waals surface area contributed by atoms with Gasteiger partial charge in [0.2, 0.25) is 5.91 Å². The Kier molecular flexibility index (Phi) is 6.85. The quantitative estimate of drug-likeness (QED) is 0.529. The van der Waals surface area contributed by atoms with Crippen LogP contribution >= 0.6 is 12.2 Å². The van der Waals surface area contributed by atoms with E-state index in [2.05, 4.69) is 24.5 Å². The fourth-order valence-corrected chi connectivity index (χ4v) is 2.57. The zero-order valence-corrected chi connectivity index (χ0v) is 16.3. The molecule has 0 saturated carbocycles. The number of hydrogen-bond donors (Lipinski definition) is 3. The summed E-state index contributed by atoms with van der Waals surface area (Å²) in [6.07, 6.45) is 3.11. The van der Waals surface area contributed by atoms with E-state index in [4.69, 9.17) is 17.3 Å². The van der Waals surface area contributed by atoms with Crippen molar-refractivity contribution in [2.45, 2.75) is 26.7 Å². The molecular formula is C21H22N2O3S. The highest BCUT2D eigenvalue weighted by Gasteiger charge is 2.08. The first-order valence-electron chi connectivity index (χ1n) is 8.50. The summed E-state index contributed by atoms with van der Waals surface area (Å²) in [4.78, 5) is 23.1. The average molecular weight is 382 g/mol. The summed E-state index contributed by atoms with van der Waals surface area (Å²) in [5.41, 5.74) is 3.65. The predicted molar refractivity (Wildman–Crippen MR) is 112 cm³/mol. The van der Waals surface area contributed by atoms with Gasteiger partial charge < -0.3 is 10.4 Å². The third-order valence-corrected chi connectivity index (χ3v) is 4.20. The van der Waals surface area contributed by atoms with Gasteiger partial charge in [-0.2, -0.15) is 0 Å². The maximum Gasteiger partial charge on any atom is 0.335 e. The zero-order valence-electron chi connectivity index (χ0n) is 15.4. The average Bonchev–Trinajstić information content (AvgIpc) is 2.62. The molecule has 140 valence electrons. The molecule has 6 heteroatoms. The molecule has 0 saturated heterocycles. The topological polar surface area (TPSA) is 78.4 Å². The van der Waals surface area contributed by atoms with E-state index < -0.39 is 5.97 Å². The predicted octanol–water partition coefficient (Wildman–Crippen LogP) is 4.34. The van der Waals surface area contributed by atoms with Crippen LogP contribution in [0.1, 0.15) is 46.8 Å². The maximum absolute atomic E-state index is 12.0. The molecule has 0 bridgehead atoms. The van der Waals surface area contributed by atoms with Crippen molar-refractivity contribution in [2.75, 3.05) is 5.32 Å². The molecule has 0 aromatic heterocycles. The molecule has 0 radical (unpaired) electrons. The number of benzene rings is 2. The van der Waals surface area contributed by atoms with Crippen molar-refractivity contribution in [1.29, 1.82) is 0 Å². The Morgan fingerprint density at radius 1 is 1.11 bits per heavy atom. The molecule has 2 aromatic rings. The van der Waals surface area contributed by atoms with Gasteiger partial charge in [0.15, 0.2) is 5.11 Å². The van der Waals surface area contributed by atoms with Gasteiger partial charge in [-0.25, -0.2) is 4.79 Å². The summed E-state index contributed by atoms with van der Waals surface area (Å²) in [6, 6.07) is 12.6. The first-order valence-corrected chi connectivity index (χ1v) is 8.91. The van der Waals surface area contributed by atoms with Crippen molar-refractivity contribution in [2.24, 2.45) is 0 Å². The third kappa shape index (κ3) is 6.04. The molecule has 5 nitrogen and oxygen atoms in total. The van der Waals surface area contributed by atoms with Crippen LogP contribution in [-0.4, -0.2) is 22.1 Å². The van der Waals surface area contributed by atoms with E-state index in [0.29, 0.717) is 11.6 Å². The van der Waals surface area contributed by atoms with Gasteiger partial charge in [0.25, 0.3) is 0 Å². The standard InChI is InChI=1S/C21H22N2O3S/c1-13(2)16-9-5-15(6-10-16)7-11-19(24)23-21(27)22-18-12-17(20(25)26)8-4-14(18)3/h4-13H,1-3H3,(H,25,26)(H2,22,23,24,27). The monoisotopic (exact) mass is 382 g/mol. The first-order chi connectivity index (χ1) is 12.8. The van der Waals surface area contributed by atoms with E-state index in [9.17, 15) is 9.59 Å². The second kappa shape index (κ2) is 9.09. The van der Waals surface area contributed by atoms with Crippen LogP contribution in [-0.2, 0) is 4.79 Å². The smallest absolute Gasteiger partial charge is 0.335 e. The molecule has 0 heterocycles. The van der Waals surface area contributed by atoms with E-state index in [1.54, 1.807) is 12.1 Å². The molecular weight excluding hydrogens is 360 g/mol. The molecule has 1 amide bonds. The fraction of sp³-hybridized carbons (Fsp3) is 0.190. The summed E-state index contributed by atoms with van der Waals surface area (Å²) in [5, 5.41) is 14.6. The Morgan fingerprint density at radius 2 is 1.78 bits per heavy atom. The van der Waals surface area contributed by atoms with Gasteiger partial charge in [0.05, 0.1) is 5.56 Å². The lowest BCUT2D eigenvalue weighted by molar-refractivity contribution is -0.115. The third-order valence-electron chi connectivity index (χ3n) is 4.00. The molecule has 0 atom stereocenters. The number of nitrogens with one attached hydrogen (secondary N) is 2. The van der Waals surface area contributed by atoms with E-state index >= 15 is 0 Å². The Labute approximate surface area is 164 Å². The van der Waals surface area contributed by atoms with Crippen LogP contribution in [0.5, 0.6) is 0 Å². The largest absolute Gasteiger partial charge is 0.478 e. The van der Waals surface area contributed by atoms with E-state index in [0.717, 1.165) is 11.1 Å². The number of aryl methyl sites for hydroxylation is 1. The summed E-state index contributed by atoms with van der Waals surface area (Å²) < 4.78 is 0. The van der Waals surface area contributed by atoms with Crippen molar-refractivity contribution < 1.29 is 14.7 Å². The number of aromatic carboxylic acids is 1. The molecule has 0 aliphatic rings. The molecule has 0 aliphatic heterocycles. The number of hydrogen-bond acceptors (Lipinski definition) is 3. The number of carbonyl (C=O) groups excluding carboxylic acids is 1. The first kappa shape index (κ1) is 20.3. The van der Waals surface area contributed by atoms with Crippen LogP contribution in [0.4, 0.5) is 5.69 Å². The minimum absolute atomic E-state index is 0.102. The second-order valence-corrected chi connectivity index (χ2v) is 6.84. The van der Waals surface area contributed by atoms with Crippen LogP contribution in [0.25, 0.3) is 6.08 Å². The van der Waals surface area contributed by atoms with Crippen LogP contribution < -0.4 is 10.6 Å². The summed E-state index contributed by atoms with van der Waals surface area (Å²) in [5.74, 6) is -0.940. The highest BCUT2D eigenvalue weighted by atomic mass is 32.1. The van der Waals surface area contributed by atoms with Crippen LogP contribution in [0.2, 0.25) is 0 Å². The highest BCUT2D eigenvalue weighted by molar-refractivity contribution is 7.80.